The predicted octanol–water partition coefficient (Wildman–Crippen LogP) is 2.34. The van der Waals surface area contributed by atoms with Crippen LogP contribution in [0.15, 0.2) is 35.7 Å². The van der Waals surface area contributed by atoms with Gasteiger partial charge < -0.3 is 16.4 Å². The Hall–Kier alpha value is -1.89. The molecule has 0 unspecified atom stereocenters. The number of nitrogens with two attached hydrogens (primary N) is 1. The molecule has 5 nitrogen and oxygen atoms in total. The largest absolute Gasteiger partial charge is 0.351 e. The molecule has 0 fully saturated rings. The fourth-order valence-corrected chi connectivity index (χ4v) is 2.43. The molecule has 0 radical (unpaired) electrons. The summed E-state index contributed by atoms with van der Waals surface area (Å²) in [7, 11) is 0. The molecule has 2 amide bonds. The van der Waals surface area contributed by atoms with Gasteiger partial charge in [0.05, 0.1) is 15.6 Å². The average molecular weight is 324 g/mol. The first-order valence-electron chi connectivity index (χ1n) is 6.24. The molecule has 2 rings (SSSR count). The van der Waals surface area contributed by atoms with Crippen LogP contribution in [0.25, 0.3) is 0 Å². The Labute approximate surface area is 131 Å². The van der Waals surface area contributed by atoms with Gasteiger partial charge in [0.15, 0.2) is 0 Å². The summed E-state index contributed by atoms with van der Waals surface area (Å²) in [5, 5.41) is 7.54. The van der Waals surface area contributed by atoms with E-state index < -0.39 is 0 Å². The van der Waals surface area contributed by atoms with E-state index in [1.165, 1.54) is 11.3 Å². The number of amides is 2. The third kappa shape index (κ3) is 4.04. The van der Waals surface area contributed by atoms with Crippen molar-refractivity contribution in [1.29, 1.82) is 0 Å². The van der Waals surface area contributed by atoms with E-state index in [9.17, 15) is 9.59 Å². The molecule has 0 spiro atoms. The Morgan fingerprint density at radius 2 is 2.05 bits per heavy atom. The fourth-order valence-electron chi connectivity index (χ4n) is 1.64. The average Bonchev–Trinajstić information content (AvgIpc) is 3.01. The lowest BCUT2D eigenvalue weighted by Crippen LogP contribution is -2.29. The van der Waals surface area contributed by atoms with Crippen LogP contribution in [0.5, 0.6) is 0 Å². The monoisotopic (exact) mass is 323 g/mol. The highest BCUT2D eigenvalue weighted by atomic mass is 35.5. The van der Waals surface area contributed by atoms with Gasteiger partial charge in [0.2, 0.25) is 0 Å². The van der Waals surface area contributed by atoms with Crippen LogP contribution in [0, 0.1) is 0 Å². The summed E-state index contributed by atoms with van der Waals surface area (Å²) in [6.45, 7) is 0.750. The number of rotatable bonds is 5. The van der Waals surface area contributed by atoms with E-state index in [1.807, 2.05) is 5.38 Å². The van der Waals surface area contributed by atoms with Gasteiger partial charge >= 0.3 is 0 Å². The highest BCUT2D eigenvalue weighted by molar-refractivity contribution is 7.12. The van der Waals surface area contributed by atoms with Crippen LogP contribution in [0.4, 0.5) is 5.69 Å². The molecule has 0 aliphatic heterocycles. The van der Waals surface area contributed by atoms with Crippen molar-refractivity contribution in [3.63, 3.8) is 0 Å². The highest BCUT2D eigenvalue weighted by Gasteiger charge is 2.12. The van der Waals surface area contributed by atoms with Gasteiger partial charge in [-0.25, -0.2) is 0 Å². The van der Waals surface area contributed by atoms with Crippen LogP contribution < -0.4 is 16.4 Å². The molecule has 2 aromatic rings. The molecule has 0 saturated carbocycles. The van der Waals surface area contributed by atoms with Crippen LogP contribution in [0.3, 0.4) is 0 Å². The van der Waals surface area contributed by atoms with Crippen LogP contribution in [-0.4, -0.2) is 24.9 Å². The zero-order chi connectivity index (χ0) is 15.2. The molecule has 1 heterocycles. The number of hydrogen-bond donors (Lipinski definition) is 3. The van der Waals surface area contributed by atoms with Gasteiger partial charge in [0.1, 0.15) is 0 Å². The Morgan fingerprint density at radius 1 is 1.24 bits per heavy atom. The summed E-state index contributed by atoms with van der Waals surface area (Å²) >= 11 is 7.38. The number of anilines is 1. The quantitative estimate of drug-likeness (QED) is 0.789. The van der Waals surface area contributed by atoms with Crippen molar-refractivity contribution in [2.45, 2.75) is 0 Å². The molecule has 21 heavy (non-hydrogen) atoms. The van der Waals surface area contributed by atoms with Crippen molar-refractivity contribution < 1.29 is 9.59 Å². The van der Waals surface area contributed by atoms with E-state index in [4.69, 9.17) is 17.3 Å². The molecule has 0 aliphatic carbocycles. The summed E-state index contributed by atoms with van der Waals surface area (Å²) in [4.78, 5) is 24.4. The molecule has 1 aromatic carbocycles. The molecular weight excluding hydrogens is 310 g/mol. The van der Waals surface area contributed by atoms with Crippen LogP contribution in [-0.2, 0) is 0 Å². The Balaban J connectivity index is 2.15. The van der Waals surface area contributed by atoms with Crippen molar-refractivity contribution in [3.05, 3.63) is 51.2 Å². The summed E-state index contributed by atoms with van der Waals surface area (Å²) in [5.74, 6) is -0.518. The Kier molecular flexibility index (Phi) is 5.32. The summed E-state index contributed by atoms with van der Waals surface area (Å²) in [6, 6.07) is 8.21. The zero-order valence-corrected chi connectivity index (χ0v) is 12.6. The predicted molar refractivity (Wildman–Crippen MR) is 85.1 cm³/mol. The number of benzene rings is 1. The number of halogens is 1. The van der Waals surface area contributed by atoms with Crippen LogP contribution in [0.1, 0.15) is 20.0 Å². The lowest BCUT2D eigenvalue weighted by molar-refractivity contribution is 0.0953. The summed E-state index contributed by atoms with van der Waals surface area (Å²) < 4.78 is 0. The first kappa shape index (κ1) is 15.5. The molecule has 0 bridgehead atoms. The van der Waals surface area contributed by atoms with Crippen molar-refractivity contribution in [1.82, 2.24) is 5.32 Å². The lowest BCUT2D eigenvalue weighted by atomic mass is 10.2. The molecule has 110 valence electrons. The maximum Gasteiger partial charge on any atom is 0.265 e. The Morgan fingerprint density at radius 3 is 2.71 bits per heavy atom. The van der Waals surface area contributed by atoms with Gasteiger partial charge in [-0.1, -0.05) is 17.7 Å². The number of carbonyl (C=O) groups is 2. The first-order valence-corrected chi connectivity index (χ1v) is 7.50. The molecular formula is C14H14ClN3O2S. The number of carbonyl (C=O) groups excluding carboxylic acids is 2. The highest BCUT2D eigenvalue weighted by Crippen LogP contribution is 2.24. The smallest absolute Gasteiger partial charge is 0.265 e. The minimum absolute atomic E-state index is 0.258. The van der Waals surface area contributed by atoms with E-state index in [1.54, 1.807) is 30.3 Å². The van der Waals surface area contributed by atoms with Gasteiger partial charge in [-0.2, -0.15) is 0 Å². The third-order valence-corrected chi connectivity index (χ3v) is 3.85. The fraction of sp³-hybridized carbons (Fsp3) is 0.143. The van der Waals surface area contributed by atoms with Crippen molar-refractivity contribution in [2.75, 3.05) is 18.4 Å². The van der Waals surface area contributed by atoms with Gasteiger partial charge in [-0.05, 0) is 29.6 Å². The standard InChI is InChI=1S/C14H14ClN3O2S/c15-10-4-3-9(13(19)17-6-5-16)8-11(10)18-14(20)12-2-1-7-21-12/h1-4,7-8H,5-6,16H2,(H,17,19)(H,18,20). The van der Waals surface area contributed by atoms with Gasteiger partial charge in [-0.15, -0.1) is 11.3 Å². The number of thiophene rings is 1. The second kappa shape index (κ2) is 7.21. The molecule has 0 atom stereocenters. The molecule has 1 aromatic heterocycles. The van der Waals surface area contributed by atoms with E-state index in [-0.39, 0.29) is 11.8 Å². The van der Waals surface area contributed by atoms with Crippen LogP contribution >= 0.6 is 22.9 Å². The normalized spacial score (nSPS) is 10.2. The second-order valence-electron chi connectivity index (χ2n) is 4.17. The molecule has 0 saturated heterocycles. The van der Waals surface area contributed by atoms with Gasteiger partial charge in [0, 0.05) is 18.7 Å². The van der Waals surface area contributed by atoms with E-state index in [2.05, 4.69) is 10.6 Å². The maximum absolute atomic E-state index is 12.0. The van der Waals surface area contributed by atoms with Crippen LogP contribution in [0.2, 0.25) is 5.02 Å². The molecule has 7 heteroatoms. The topological polar surface area (TPSA) is 84.2 Å². The second-order valence-corrected chi connectivity index (χ2v) is 5.53. The lowest BCUT2D eigenvalue weighted by Gasteiger charge is -2.09. The maximum atomic E-state index is 12.0. The van der Waals surface area contributed by atoms with Gasteiger partial charge in [-0.3, -0.25) is 9.59 Å². The molecule has 0 aliphatic rings. The minimum Gasteiger partial charge on any atom is -0.351 e. The van der Waals surface area contributed by atoms with Gasteiger partial charge in [0.25, 0.3) is 11.8 Å². The van der Waals surface area contributed by atoms with Crippen molar-refractivity contribution in [3.8, 4) is 0 Å². The van der Waals surface area contributed by atoms with E-state index >= 15 is 0 Å². The summed E-state index contributed by atoms with van der Waals surface area (Å²) in [5.41, 5.74) is 6.15. The SMILES string of the molecule is NCCNC(=O)c1ccc(Cl)c(NC(=O)c2cccs2)c1. The molecule has 4 N–H and O–H groups in total. The first-order chi connectivity index (χ1) is 10.1. The summed E-state index contributed by atoms with van der Waals surface area (Å²) in [6.07, 6.45) is 0. The van der Waals surface area contributed by atoms with Crippen molar-refractivity contribution in [2.24, 2.45) is 5.73 Å². The zero-order valence-electron chi connectivity index (χ0n) is 11.1. The van der Waals surface area contributed by atoms with E-state index in [0.29, 0.717) is 34.2 Å². The number of nitrogens with one attached hydrogen (secondary N) is 2. The number of hydrogen-bond acceptors (Lipinski definition) is 4. The third-order valence-electron chi connectivity index (χ3n) is 2.65. The minimum atomic E-state index is -0.260. The van der Waals surface area contributed by atoms with Crippen molar-refractivity contribution >= 4 is 40.4 Å². The Bertz CT molecular complexity index is 644. The van der Waals surface area contributed by atoms with E-state index in [0.717, 1.165) is 0 Å².